The monoisotopic (exact) mass is 231 g/mol. The van der Waals surface area contributed by atoms with Gasteiger partial charge in [-0.15, -0.1) is 0 Å². The van der Waals surface area contributed by atoms with E-state index < -0.39 is 0 Å². The highest BCUT2D eigenvalue weighted by Crippen LogP contribution is 2.35. The van der Waals surface area contributed by atoms with Gasteiger partial charge < -0.3 is 0 Å². The third-order valence-electron chi connectivity index (χ3n) is 4.34. The Morgan fingerprint density at radius 1 is 1.29 bits per heavy atom. The van der Waals surface area contributed by atoms with E-state index in [2.05, 4.69) is 59.9 Å². The largest absolute Gasteiger partial charge is 0.292 e. The first-order chi connectivity index (χ1) is 8.18. The van der Waals surface area contributed by atoms with Crippen LogP contribution in [-0.4, -0.2) is 29.6 Å². The van der Waals surface area contributed by atoms with Gasteiger partial charge in [0.05, 0.1) is 0 Å². The molecule has 2 saturated heterocycles. The summed E-state index contributed by atoms with van der Waals surface area (Å²) >= 11 is 0. The Labute approximate surface area is 103 Å². The lowest BCUT2D eigenvalue weighted by Gasteiger charge is -2.35. The number of hydrogen-bond acceptors (Lipinski definition) is 3. The van der Waals surface area contributed by atoms with Gasteiger partial charge in [0.1, 0.15) is 0 Å². The van der Waals surface area contributed by atoms with Crippen LogP contribution in [0.15, 0.2) is 30.3 Å². The molecule has 2 aliphatic rings. The number of hydrazine groups is 1. The fourth-order valence-corrected chi connectivity index (χ4v) is 3.25. The van der Waals surface area contributed by atoms with Crippen LogP contribution in [0.1, 0.15) is 19.4 Å². The summed E-state index contributed by atoms with van der Waals surface area (Å²) < 4.78 is 0. The van der Waals surface area contributed by atoms with Gasteiger partial charge in [0.15, 0.2) is 0 Å². The molecule has 0 aromatic heterocycles. The van der Waals surface area contributed by atoms with Crippen LogP contribution in [-0.2, 0) is 6.54 Å². The summed E-state index contributed by atoms with van der Waals surface area (Å²) in [6.45, 7) is 8.04. The zero-order valence-corrected chi connectivity index (χ0v) is 10.6. The highest BCUT2D eigenvalue weighted by atomic mass is 15.5. The van der Waals surface area contributed by atoms with Gasteiger partial charge >= 0.3 is 0 Å². The molecule has 2 heterocycles. The van der Waals surface area contributed by atoms with Crippen molar-refractivity contribution in [2.45, 2.75) is 32.0 Å². The van der Waals surface area contributed by atoms with Crippen molar-refractivity contribution in [3.8, 4) is 0 Å². The van der Waals surface area contributed by atoms with E-state index in [4.69, 9.17) is 0 Å². The van der Waals surface area contributed by atoms with Gasteiger partial charge in [-0.2, -0.15) is 0 Å². The SMILES string of the molecule is CC1(C)C2NNCC2CN1Cc1ccccc1. The zero-order chi connectivity index (χ0) is 11.9. The zero-order valence-electron chi connectivity index (χ0n) is 10.6. The number of nitrogens with zero attached hydrogens (tertiary/aromatic N) is 1. The van der Waals surface area contributed by atoms with Gasteiger partial charge in [0, 0.05) is 37.1 Å². The number of likely N-dealkylation sites (tertiary alicyclic amines) is 1. The standard InChI is InChI=1S/C14H21N3/c1-14(2)13-12(8-15-16-13)10-17(14)9-11-6-4-3-5-7-11/h3-7,12-13,15-16H,8-10H2,1-2H3. The van der Waals surface area contributed by atoms with Crippen molar-refractivity contribution in [2.24, 2.45) is 5.92 Å². The third kappa shape index (κ3) is 1.88. The van der Waals surface area contributed by atoms with Crippen molar-refractivity contribution >= 4 is 0 Å². The molecule has 0 saturated carbocycles. The van der Waals surface area contributed by atoms with Crippen molar-refractivity contribution in [1.29, 1.82) is 0 Å². The molecule has 0 bridgehead atoms. The van der Waals surface area contributed by atoms with Crippen LogP contribution in [0.5, 0.6) is 0 Å². The lowest BCUT2D eigenvalue weighted by atomic mass is 9.91. The normalized spacial score (nSPS) is 31.6. The van der Waals surface area contributed by atoms with Gasteiger partial charge in [0.2, 0.25) is 0 Å². The lowest BCUT2D eigenvalue weighted by molar-refractivity contribution is 0.139. The number of rotatable bonds is 2. The van der Waals surface area contributed by atoms with Gasteiger partial charge in [0.25, 0.3) is 0 Å². The van der Waals surface area contributed by atoms with E-state index in [1.807, 2.05) is 0 Å². The van der Waals surface area contributed by atoms with Crippen molar-refractivity contribution in [2.75, 3.05) is 13.1 Å². The first kappa shape index (κ1) is 11.2. The minimum absolute atomic E-state index is 0.226. The molecule has 2 atom stereocenters. The predicted octanol–water partition coefficient (Wildman–Crippen LogP) is 1.37. The minimum Gasteiger partial charge on any atom is -0.292 e. The molecular weight excluding hydrogens is 210 g/mol. The molecule has 0 aliphatic carbocycles. The quantitative estimate of drug-likeness (QED) is 0.805. The van der Waals surface area contributed by atoms with Crippen LogP contribution in [0.25, 0.3) is 0 Å². The first-order valence-electron chi connectivity index (χ1n) is 6.45. The number of nitrogens with one attached hydrogen (secondary N) is 2. The first-order valence-corrected chi connectivity index (χ1v) is 6.45. The van der Waals surface area contributed by atoms with Crippen LogP contribution in [0.3, 0.4) is 0 Å². The van der Waals surface area contributed by atoms with Gasteiger partial charge in [-0.1, -0.05) is 30.3 Å². The average Bonchev–Trinajstić information content (AvgIpc) is 2.85. The van der Waals surface area contributed by atoms with Crippen LogP contribution in [0.2, 0.25) is 0 Å². The van der Waals surface area contributed by atoms with Crippen molar-refractivity contribution < 1.29 is 0 Å². The molecule has 3 heteroatoms. The van der Waals surface area contributed by atoms with Crippen molar-refractivity contribution in [1.82, 2.24) is 15.8 Å². The summed E-state index contributed by atoms with van der Waals surface area (Å²) in [4.78, 5) is 2.60. The molecule has 0 spiro atoms. The maximum atomic E-state index is 3.43. The summed E-state index contributed by atoms with van der Waals surface area (Å²) in [5.74, 6) is 0.744. The van der Waals surface area contributed by atoms with Crippen LogP contribution >= 0.6 is 0 Å². The molecule has 2 N–H and O–H groups in total. The van der Waals surface area contributed by atoms with Gasteiger partial charge in [-0.05, 0) is 19.4 Å². The van der Waals surface area contributed by atoms with Crippen molar-refractivity contribution in [3.63, 3.8) is 0 Å². The van der Waals surface area contributed by atoms with E-state index in [1.165, 1.54) is 12.1 Å². The summed E-state index contributed by atoms with van der Waals surface area (Å²) in [6.07, 6.45) is 0. The Morgan fingerprint density at radius 3 is 2.76 bits per heavy atom. The molecule has 0 amide bonds. The molecule has 17 heavy (non-hydrogen) atoms. The maximum absolute atomic E-state index is 3.43. The highest BCUT2D eigenvalue weighted by molar-refractivity contribution is 5.17. The summed E-state index contributed by atoms with van der Waals surface area (Å²) in [5, 5.41) is 0. The molecule has 1 aromatic rings. The molecule has 3 nitrogen and oxygen atoms in total. The Balaban J connectivity index is 1.77. The fraction of sp³-hybridized carbons (Fsp3) is 0.571. The topological polar surface area (TPSA) is 27.3 Å². The lowest BCUT2D eigenvalue weighted by Crippen LogP contribution is -2.51. The summed E-state index contributed by atoms with van der Waals surface area (Å²) in [7, 11) is 0. The number of hydrogen-bond donors (Lipinski definition) is 2. The smallest absolute Gasteiger partial charge is 0.0444 e. The van der Waals surface area contributed by atoms with Crippen molar-refractivity contribution in [3.05, 3.63) is 35.9 Å². The van der Waals surface area contributed by atoms with E-state index in [1.54, 1.807) is 0 Å². The Hall–Kier alpha value is -0.900. The third-order valence-corrected chi connectivity index (χ3v) is 4.34. The van der Waals surface area contributed by atoms with E-state index in [0.717, 1.165) is 19.0 Å². The van der Waals surface area contributed by atoms with Gasteiger partial charge in [-0.3, -0.25) is 15.8 Å². The highest BCUT2D eigenvalue weighted by Gasteiger charge is 2.49. The molecule has 0 radical (unpaired) electrons. The Kier molecular flexibility index (Phi) is 2.69. The molecule has 92 valence electrons. The van der Waals surface area contributed by atoms with Crippen LogP contribution in [0, 0.1) is 5.92 Å². The van der Waals surface area contributed by atoms with E-state index in [9.17, 15) is 0 Å². The summed E-state index contributed by atoms with van der Waals surface area (Å²) in [5.41, 5.74) is 8.36. The minimum atomic E-state index is 0.226. The molecule has 1 aromatic carbocycles. The van der Waals surface area contributed by atoms with E-state index in [-0.39, 0.29) is 5.54 Å². The molecule has 2 fully saturated rings. The molecular formula is C14H21N3. The maximum Gasteiger partial charge on any atom is 0.0444 e. The predicted molar refractivity (Wildman–Crippen MR) is 69.3 cm³/mol. The second-order valence-corrected chi connectivity index (χ2v) is 5.78. The Morgan fingerprint density at radius 2 is 2.06 bits per heavy atom. The van der Waals surface area contributed by atoms with E-state index >= 15 is 0 Å². The number of fused-ring (bicyclic) bond motifs is 1. The Bertz CT molecular complexity index is 388. The molecule has 3 rings (SSSR count). The van der Waals surface area contributed by atoms with E-state index in [0.29, 0.717) is 6.04 Å². The molecule has 2 unspecified atom stereocenters. The second-order valence-electron chi connectivity index (χ2n) is 5.78. The fourth-order valence-electron chi connectivity index (χ4n) is 3.25. The molecule has 2 aliphatic heterocycles. The number of benzene rings is 1. The summed E-state index contributed by atoms with van der Waals surface area (Å²) in [6, 6.07) is 11.3. The van der Waals surface area contributed by atoms with Crippen LogP contribution in [0.4, 0.5) is 0 Å². The van der Waals surface area contributed by atoms with Gasteiger partial charge in [-0.25, -0.2) is 0 Å². The average molecular weight is 231 g/mol. The second kappa shape index (κ2) is 4.09. The van der Waals surface area contributed by atoms with Crippen LogP contribution < -0.4 is 10.9 Å².